The number of carbonyl (C=O) groups excluding carboxylic acids is 2. The smallest absolute Gasteiger partial charge is 0.336 e. The van der Waals surface area contributed by atoms with Crippen molar-refractivity contribution in [3.05, 3.63) is 74.4 Å². The Balaban J connectivity index is 1.97. The van der Waals surface area contributed by atoms with Crippen molar-refractivity contribution in [3.8, 4) is 11.5 Å². The van der Waals surface area contributed by atoms with Gasteiger partial charge in [0.25, 0.3) is 0 Å². The number of dihydropyridines is 1. The number of Topliss-reactive ketones (excluding diaryl/α,β-unsaturated/α-hetero) is 1. The first-order valence-electron chi connectivity index (χ1n) is 9.87. The number of benzene rings is 2. The van der Waals surface area contributed by atoms with E-state index in [0.29, 0.717) is 45.0 Å². The third kappa shape index (κ3) is 3.33. The van der Waals surface area contributed by atoms with E-state index in [2.05, 4.69) is 21.2 Å². The van der Waals surface area contributed by atoms with Gasteiger partial charge in [0.05, 0.1) is 36.6 Å². The molecule has 7 heteroatoms. The molecule has 0 saturated heterocycles. The summed E-state index contributed by atoms with van der Waals surface area (Å²) in [5.74, 6) is -0.142. The van der Waals surface area contributed by atoms with Crippen LogP contribution in [0.4, 0.5) is 0 Å². The minimum atomic E-state index is -0.620. The molecule has 0 aromatic heterocycles. The average molecular weight is 484 g/mol. The van der Waals surface area contributed by atoms with E-state index < -0.39 is 11.9 Å². The maximum absolute atomic E-state index is 13.5. The Hall–Kier alpha value is -3.06. The monoisotopic (exact) mass is 483 g/mol. The summed E-state index contributed by atoms with van der Waals surface area (Å²) in [6, 6.07) is 11.1. The van der Waals surface area contributed by atoms with Gasteiger partial charge in [-0.15, -0.1) is 0 Å². The molecule has 1 N–H and O–H groups in total. The van der Waals surface area contributed by atoms with Gasteiger partial charge in [-0.2, -0.15) is 0 Å². The maximum atomic E-state index is 13.5. The SMILES string of the molecule is CCOc1cc(C2C(C(=O)OC)=C(C)NC3=C2C(=O)c2ccccc23)cc(Br)c1OC. The van der Waals surface area contributed by atoms with Crippen molar-refractivity contribution in [1.82, 2.24) is 5.32 Å². The first-order chi connectivity index (χ1) is 14.9. The summed E-state index contributed by atoms with van der Waals surface area (Å²) in [4.78, 5) is 26.3. The third-order valence-corrected chi connectivity index (χ3v) is 6.11. The summed E-state index contributed by atoms with van der Waals surface area (Å²) in [7, 11) is 2.90. The van der Waals surface area contributed by atoms with Crippen molar-refractivity contribution < 1.29 is 23.8 Å². The molecule has 160 valence electrons. The molecule has 1 heterocycles. The number of hydrogen-bond donors (Lipinski definition) is 1. The summed E-state index contributed by atoms with van der Waals surface area (Å²) in [5.41, 5.74) is 4.44. The summed E-state index contributed by atoms with van der Waals surface area (Å²) in [5, 5.41) is 3.28. The zero-order chi connectivity index (χ0) is 22.3. The number of nitrogens with one attached hydrogen (secondary N) is 1. The highest BCUT2D eigenvalue weighted by molar-refractivity contribution is 9.10. The van der Waals surface area contributed by atoms with Crippen LogP contribution in [-0.2, 0) is 9.53 Å². The highest BCUT2D eigenvalue weighted by Crippen LogP contribution is 2.49. The number of carbonyl (C=O) groups is 2. The minimum Gasteiger partial charge on any atom is -0.492 e. The topological polar surface area (TPSA) is 73.9 Å². The molecule has 6 nitrogen and oxygen atoms in total. The molecular formula is C24H22BrNO5. The molecule has 0 radical (unpaired) electrons. The number of esters is 1. The van der Waals surface area contributed by atoms with Gasteiger partial charge in [0.15, 0.2) is 17.3 Å². The number of hydrogen-bond acceptors (Lipinski definition) is 6. The molecule has 2 aromatic rings. The van der Waals surface area contributed by atoms with Crippen molar-refractivity contribution >= 4 is 33.4 Å². The maximum Gasteiger partial charge on any atom is 0.336 e. The normalized spacial score (nSPS) is 17.2. The molecule has 0 amide bonds. The quantitative estimate of drug-likeness (QED) is 0.626. The summed E-state index contributed by atoms with van der Waals surface area (Å²) < 4.78 is 17.0. The Morgan fingerprint density at radius 1 is 1.16 bits per heavy atom. The van der Waals surface area contributed by atoms with E-state index in [0.717, 1.165) is 16.8 Å². The fraction of sp³-hybridized carbons (Fsp3) is 0.250. The average Bonchev–Trinajstić information content (AvgIpc) is 3.04. The van der Waals surface area contributed by atoms with E-state index in [1.165, 1.54) is 7.11 Å². The van der Waals surface area contributed by atoms with E-state index in [4.69, 9.17) is 14.2 Å². The van der Waals surface area contributed by atoms with Gasteiger partial charge in [-0.25, -0.2) is 4.79 Å². The fourth-order valence-electron chi connectivity index (χ4n) is 4.26. The van der Waals surface area contributed by atoms with Crippen LogP contribution < -0.4 is 14.8 Å². The molecule has 1 atom stereocenters. The molecule has 1 unspecified atom stereocenters. The number of fused-ring (bicyclic) bond motifs is 2. The largest absolute Gasteiger partial charge is 0.492 e. The van der Waals surface area contributed by atoms with E-state index in [1.807, 2.05) is 44.2 Å². The molecule has 4 rings (SSSR count). The molecule has 31 heavy (non-hydrogen) atoms. The predicted octanol–water partition coefficient (Wildman–Crippen LogP) is 4.60. The molecule has 0 saturated carbocycles. The number of methoxy groups -OCH3 is 2. The van der Waals surface area contributed by atoms with Crippen LogP contribution in [0, 0.1) is 0 Å². The van der Waals surface area contributed by atoms with Crippen LogP contribution in [0.3, 0.4) is 0 Å². The molecule has 1 aliphatic heterocycles. The van der Waals surface area contributed by atoms with Crippen LogP contribution in [0.15, 0.2) is 57.7 Å². The molecular weight excluding hydrogens is 462 g/mol. The Kier molecular flexibility index (Phi) is 5.62. The molecule has 0 spiro atoms. The predicted molar refractivity (Wildman–Crippen MR) is 120 cm³/mol. The lowest BCUT2D eigenvalue weighted by Crippen LogP contribution is -2.29. The van der Waals surface area contributed by atoms with Crippen molar-refractivity contribution in [2.45, 2.75) is 19.8 Å². The zero-order valence-electron chi connectivity index (χ0n) is 17.7. The van der Waals surface area contributed by atoms with Crippen LogP contribution in [0.1, 0.15) is 41.3 Å². The second kappa shape index (κ2) is 8.23. The summed E-state index contributed by atoms with van der Waals surface area (Å²) in [6.45, 7) is 4.14. The lowest BCUT2D eigenvalue weighted by Gasteiger charge is -2.29. The van der Waals surface area contributed by atoms with Gasteiger partial charge >= 0.3 is 5.97 Å². The van der Waals surface area contributed by atoms with Crippen LogP contribution in [0.25, 0.3) is 5.70 Å². The second-order valence-corrected chi connectivity index (χ2v) is 8.07. The van der Waals surface area contributed by atoms with Gasteiger partial charge < -0.3 is 19.5 Å². The van der Waals surface area contributed by atoms with Crippen LogP contribution in [0.2, 0.25) is 0 Å². The van der Waals surface area contributed by atoms with Crippen molar-refractivity contribution in [1.29, 1.82) is 0 Å². The molecule has 0 bridgehead atoms. The lowest BCUT2D eigenvalue weighted by molar-refractivity contribution is -0.136. The van der Waals surface area contributed by atoms with Gasteiger partial charge in [0, 0.05) is 28.3 Å². The Labute approximate surface area is 189 Å². The number of ketones is 1. The minimum absolute atomic E-state index is 0.109. The molecule has 1 aliphatic carbocycles. The highest BCUT2D eigenvalue weighted by atomic mass is 79.9. The van der Waals surface area contributed by atoms with E-state index in [9.17, 15) is 9.59 Å². The van der Waals surface area contributed by atoms with E-state index in [1.54, 1.807) is 13.2 Å². The fourth-order valence-corrected chi connectivity index (χ4v) is 4.88. The van der Waals surface area contributed by atoms with Crippen LogP contribution in [-0.4, -0.2) is 32.6 Å². The zero-order valence-corrected chi connectivity index (χ0v) is 19.3. The number of ether oxygens (including phenoxy) is 3. The molecule has 0 fully saturated rings. The molecule has 2 aromatic carbocycles. The van der Waals surface area contributed by atoms with Crippen molar-refractivity contribution in [2.24, 2.45) is 0 Å². The van der Waals surface area contributed by atoms with Crippen LogP contribution in [0.5, 0.6) is 11.5 Å². The van der Waals surface area contributed by atoms with Gasteiger partial charge in [-0.1, -0.05) is 24.3 Å². The number of halogens is 1. The second-order valence-electron chi connectivity index (χ2n) is 7.22. The Morgan fingerprint density at radius 3 is 2.52 bits per heavy atom. The third-order valence-electron chi connectivity index (χ3n) is 5.52. The number of allylic oxidation sites excluding steroid dienone is 2. The van der Waals surface area contributed by atoms with Gasteiger partial charge in [0.2, 0.25) is 0 Å². The van der Waals surface area contributed by atoms with Crippen molar-refractivity contribution in [2.75, 3.05) is 20.8 Å². The van der Waals surface area contributed by atoms with E-state index >= 15 is 0 Å². The standard InChI is InChI=1S/C24H22BrNO5/c1-5-31-17-11-13(10-16(25)23(17)29-3)19-18(24(28)30-4)12(2)26-21-14-8-6-7-9-15(14)22(27)20(19)21/h6-11,19,26H,5H2,1-4H3. The molecule has 2 aliphatic rings. The van der Waals surface area contributed by atoms with Gasteiger partial charge in [-0.05, 0) is 47.5 Å². The summed E-state index contributed by atoms with van der Waals surface area (Å²) >= 11 is 3.55. The van der Waals surface area contributed by atoms with E-state index in [-0.39, 0.29) is 5.78 Å². The first kappa shape index (κ1) is 21.2. The van der Waals surface area contributed by atoms with Crippen molar-refractivity contribution in [3.63, 3.8) is 0 Å². The number of rotatable bonds is 5. The first-order valence-corrected chi connectivity index (χ1v) is 10.7. The highest BCUT2D eigenvalue weighted by Gasteiger charge is 2.43. The van der Waals surface area contributed by atoms with Gasteiger partial charge in [0.1, 0.15) is 0 Å². The lowest BCUT2D eigenvalue weighted by atomic mass is 9.79. The summed E-state index contributed by atoms with van der Waals surface area (Å²) in [6.07, 6.45) is 0. The van der Waals surface area contributed by atoms with Gasteiger partial charge in [-0.3, -0.25) is 4.79 Å². The Morgan fingerprint density at radius 2 is 1.87 bits per heavy atom. The van der Waals surface area contributed by atoms with Crippen LogP contribution >= 0.6 is 15.9 Å². The Bertz CT molecular complexity index is 1160.